The number of nitrogens with zero attached hydrogens (tertiary/aromatic N) is 4. The molecule has 0 unspecified atom stereocenters. The molecule has 0 saturated carbocycles. The Kier molecular flexibility index (Phi) is 4.66. The van der Waals surface area contributed by atoms with Crippen molar-refractivity contribution in [3.05, 3.63) is 70.0 Å². The van der Waals surface area contributed by atoms with Gasteiger partial charge in [0.05, 0.1) is 11.8 Å². The first-order valence-electron chi connectivity index (χ1n) is 10.0. The molecule has 8 heteroatoms. The van der Waals surface area contributed by atoms with Crippen LogP contribution in [0.1, 0.15) is 27.0 Å². The third-order valence-electron chi connectivity index (χ3n) is 6.13. The maximum Gasteiger partial charge on any atom is 0.253 e. The summed E-state index contributed by atoms with van der Waals surface area (Å²) < 4.78 is 5.59. The lowest BCUT2D eigenvalue weighted by molar-refractivity contribution is -0.129. The molecule has 7 nitrogen and oxygen atoms in total. The van der Waals surface area contributed by atoms with Crippen molar-refractivity contribution in [3.63, 3.8) is 0 Å². The molecular weight excluding hydrogens is 400 g/mol. The van der Waals surface area contributed by atoms with E-state index < -0.39 is 5.41 Å². The second kappa shape index (κ2) is 7.36. The standard InChI is InChI=1S/C22H22N4O3S/c1-15-23-21(29-24-15)22-13-25(19(27)10-18-8-5-9-30-18)11-17(22)12-26(14-22)20(28)16-6-3-2-4-7-16/h2-9,17H,10-14H2,1H3/t17-,22-/m0/s1. The molecule has 1 aromatic carbocycles. The minimum atomic E-state index is -0.517. The average Bonchev–Trinajstić information content (AvgIpc) is 3.51. The van der Waals surface area contributed by atoms with E-state index in [1.54, 1.807) is 18.3 Å². The Hall–Kier alpha value is -3.00. The van der Waals surface area contributed by atoms with Crippen molar-refractivity contribution < 1.29 is 14.1 Å². The highest BCUT2D eigenvalue weighted by Gasteiger charge is 2.58. The van der Waals surface area contributed by atoms with Gasteiger partial charge in [-0.1, -0.05) is 29.4 Å². The molecule has 2 amide bonds. The smallest absolute Gasteiger partial charge is 0.253 e. The number of rotatable bonds is 4. The topological polar surface area (TPSA) is 79.5 Å². The van der Waals surface area contributed by atoms with E-state index in [2.05, 4.69) is 10.1 Å². The van der Waals surface area contributed by atoms with Crippen LogP contribution in [0.2, 0.25) is 0 Å². The van der Waals surface area contributed by atoms with Crippen LogP contribution < -0.4 is 0 Å². The molecule has 3 aromatic rings. The van der Waals surface area contributed by atoms with Crippen molar-refractivity contribution in [2.45, 2.75) is 18.8 Å². The third kappa shape index (κ3) is 3.21. The van der Waals surface area contributed by atoms with E-state index in [0.29, 0.717) is 49.9 Å². The summed E-state index contributed by atoms with van der Waals surface area (Å²) in [4.78, 5) is 35.3. The number of hydrogen-bond acceptors (Lipinski definition) is 6. The van der Waals surface area contributed by atoms with Crippen LogP contribution in [-0.4, -0.2) is 57.9 Å². The Balaban J connectivity index is 1.41. The zero-order chi connectivity index (χ0) is 20.7. The predicted octanol–water partition coefficient (Wildman–Crippen LogP) is 2.53. The monoisotopic (exact) mass is 422 g/mol. The van der Waals surface area contributed by atoms with Gasteiger partial charge < -0.3 is 14.3 Å². The van der Waals surface area contributed by atoms with Gasteiger partial charge in [0.15, 0.2) is 5.82 Å². The first-order chi connectivity index (χ1) is 14.5. The normalized spacial score (nSPS) is 23.0. The maximum absolute atomic E-state index is 13.1. The summed E-state index contributed by atoms with van der Waals surface area (Å²) in [6, 6.07) is 13.2. The number of fused-ring (bicyclic) bond motifs is 1. The minimum Gasteiger partial charge on any atom is -0.341 e. The second-order valence-corrected chi connectivity index (χ2v) is 9.11. The van der Waals surface area contributed by atoms with Gasteiger partial charge in [-0.15, -0.1) is 11.3 Å². The minimum absolute atomic E-state index is 0.00271. The number of amides is 2. The Morgan fingerprint density at radius 3 is 2.60 bits per heavy atom. The zero-order valence-corrected chi connectivity index (χ0v) is 17.5. The van der Waals surface area contributed by atoms with Gasteiger partial charge in [-0.3, -0.25) is 9.59 Å². The van der Waals surface area contributed by atoms with E-state index in [4.69, 9.17) is 4.52 Å². The third-order valence-corrected chi connectivity index (χ3v) is 7.01. The predicted molar refractivity (Wildman–Crippen MR) is 111 cm³/mol. The van der Waals surface area contributed by atoms with E-state index >= 15 is 0 Å². The number of thiophene rings is 1. The molecule has 2 fully saturated rings. The number of aryl methyl sites for hydroxylation is 1. The molecule has 0 bridgehead atoms. The van der Waals surface area contributed by atoms with Gasteiger partial charge in [-0.05, 0) is 30.5 Å². The van der Waals surface area contributed by atoms with E-state index in [0.717, 1.165) is 4.88 Å². The molecular formula is C22H22N4O3S. The summed E-state index contributed by atoms with van der Waals surface area (Å²) in [6.07, 6.45) is 0.399. The molecule has 5 rings (SSSR count). The van der Waals surface area contributed by atoms with Crippen LogP contribution in [-0.2, 0) is 16.6 Å². The Morgan fingerprint density at radius 2 is 1.90 bits per heavy atom. The number of carbonyl (C=O) groups is 2. The van der Waals surface area contributed by atoms with E-state index in [-0.39, 0.29) is 17.7 Å². The van der Waals surface area contributed by atoms with Crippen molar-refractivity contribution >= 4 is 23.2 Å². The van der Waals surface area contributed by atoms with E-state index in [9.17, 15) is 9.59 Å². The molecule has 2 aliphatic rings. The maximum atomic E-state index is 13.1. The van der Waals surface area contributed by atoms with Crippen LogP contribution >= 0.6 is 11.3 Å². The van der Waals surface area contributed by atoms with Crippen LogP contribution in [0.25, 0.3) is 0 Å². The highest BCUT2D eigenvalue weighted by molar-refractivity contribution is 7.10. The molecule has 2 aliphatic heterocycles. The largest absolute Gasteiger partial charge is 0.341 e. The number of hydrogen-bond donors (Lipinski definition) is 0. The summed E-state index contributed by atoms with van der Waals surface area (Å²) in [6.45, 7) is 3.90. The summed E-state index contributed by atoms with van der Waals surface area (Å²) >= 11 is 1.59. The Bertz CT molecular complexity index is 1070. The van der Waals surface area contributed by atoms with Crippen molar-refractivity contribution in [2.75, 3.05) is 26.2 Å². The fourth-order valence-electron chi connectivity index (χ4n) is 4.65. The molecule has 0 N–H and O–H groups in total. The Morgan fingerprint density at radius 1 is 1.13 bits per heavy atom. The van der Waals surface area contributed by atoms with Gasteiger partial charge in [0.25, 0.3) is 5.91 Å². The van der Waals surface area contributed by atoms with Crippen LogP contribution in [0.4, 0.5) is 0 Å². The van der Waals surface area contributed by atoms with Crippen molar-refractivity contribution in [2.24, 2.45) is 5.92 Å². The van der Waals surface area contributed by atoms with Gasteiger partial charge in [0, 0.05) is 42.5 Å². The molecule has 2 saturated heterocycles. The molecule has 0 aliphatic carbocycles. The molecule has 30 heavy (non-hydrogen) atoms. The molecule has 2 atom stereocenters. The quantitative estimate of drug-likeness (QED) is 0.646. The van der Waals surface area contributed by atoms with E-state index in [1.165, 1.54) is 0 Å². The van der Waals surface area contributed by atoms with Crippen LogP contribution in [0.5, 0.6) is 0 Å². The molecule has 2 aromatic heterocycles. The van der Waals surface area contributed by atoms with Crippen molar-refractivity contribution in [3.8, 4) is 0 Å². The summed E-state index contributed by atoms with van der Waals surface area (Å²) in [5, 5.41) is 5.97. The van der Waals surface area contributed by atoms with Gasteiger partial charge in [-0.2, -0.15) is 4.98 Å². The van der Waals surface area contributed by atoms with Gasteiger partial charge in [0.2, 0.25) is 11.8 Å². The van der Waals surface area contributed by atoms with E-state index in [1.807, 2.05) is 57.6 Å². The molecule has 4 heterocycles. The second-order valence-electron chi connectivity index (χ2n) is 8.08. The van der Waals surface area contributed by atoms with Gasteiger partial charge in [0.1, 0.15) is 0 Å². The zero-order valence-electron chi connectivity index (χ0n) is 16.7. The highest BCUT2D eigenvalue weighted by atomic mass is 32.1. The summed E-state index contributed by atoms with van der Waals surface area (Å²) in [7, 11) is 0. The first kappa shape index (κ1) is 19.0. The van der Waals surface area contributed by atoms with Gasteiger partial charge in [-0.25, -0.2) is 0 Å². The lowest BCUT2D eigenvalue weighted by atomic mass is 9.81. The van der Waals surface area contributed by atoms with Crippen molar-refractivity contribution in [1.82, 2.24) is 19.9 Å². The Labute approximate surface area is 178 Å². The van der Waals surface area contributed by atoms with Gasteiger partial charge >= 0.3 is 0 Å². The number of benzene rings is 1. The fourth-order valence-corrected chi connectivity index (χ4v) is 5.34. The summed E-state index contributed by atoms with van der Waals surface area (Å²) in [5.74, 6) is 1.26. The van der Waals surface area contributed by atoms with Crippen LogP contribution in [0.3, 0.4) is 0 Å². The van der Waals surface area contributed by atoms with Crippen molar-refractivity contribution in [1.29, 1.82) is 0 Å². The molecule has 0 radical (unpaired) electrons. The SMILES string of the molecule is Cc1noc([C@]23CN(C(=O)Cc4cccs4)C[C@H]2CN(C(=O)c2ccccc2)C3)n1. The first-order valence-corrected chi connectivity index (χ1v) is 10.9. The highest BCUT2D eigenvalue weighted by Crippen LogP contribution is 2.44. The van der Waals surface area contributed by atoms with Crippen LogP contribution in [0, 0.1) is 12.8 Å². The average molecular weight is 423 g/mol. The fraction of sp³-hybridized carbons (Fsp3) is 0.364. The number of likely N-dealkylation sites (tertiary alicyclic amines) is 2. The lowest BCUT2D eigenvalue weighted by Gasteiger charge is -2.26. The molecule has 154 valence electrons. The van der Waals surface area contributed by atoms with Crippen LogP contribution in [0.15, 0.2) is 52.4 Å². The molecule has 0 spiro atoms. The summed E-state index contributed by atoms with van der Waals surface area (Å²) in [5.41, 5.74) is 0.150. The number of aromatic nitrogens is 2. The number of carbonyl (C=O) groups excluding carboxylic acids is 2. The lowest BCUT2D eigenvalue weighted by Crippen LogP contribution is -2.41.